The molecule has 2 amide bonds. The summed E-state index contributed by atoms with van der Waals surface area (Å²) in [5, 5.41) is 0. The molecule has 2 rings (SSSR count). The van der Waals surface area contributed by atoms with Crippen LogP contribution in [-0.2, 0) is 4.79 Å². The van der Waals surface area contributed by atoms with Crippen LogP contribution in [0.15, 0.2) is 18.2 Å². The van der Waals surface area contributed by atoms with Gasteiger partial charge in [0.05, 0.1) is 0 Å². The van der Waals surface area contributed by atoms with Gasteiger partial charge >= 0.3 is 0 Å². The molecule has 0 aromatic heterocycles. The molecule has 6 heteroatoms. The summed E-state index contributed by atoms with van der Waals surface area (Å²) in [6, 6.07) is 4.86. The lowest BCUT2D eigenvalue weighted by Crippen LogP contribution is -2.41. The monoisotopic (exact) mass is 278 g/mol. The average Bonchev–Trinajstić information content (AvgIpc) is 2.89. The highest BCUT2D eigenvalue weighted by atomic mass is 16.7. The first-order valence-corrected chi connectivity index (χ1v) is 6.55. The van der Waals surface area contributed by atoms with Crippen LogP contribution in [-0.4, -0.2) is 18.6 Å². The molecule has 0 radical (unpaired) electrons. The number of hydrogen-bond acceptors (Lipinski definition) is 4. The molecule has 20 heavy (non-hydrogen) atoms. The molecule has 0 unspecified atom stereocenters. The van der Waals surface area contributed by atoms with Crippen LogP contribution in [0.5, 0.6) is 11.5 Å². The van der Waals surface area contributed by atoms with Crippen molar-refractivity contribution < 1.29 is 19.1 Å². The zero-order chi connectivity index (χ0) is 14.5. The summed E-state index contributed by atoms with van der Waals surface area (Å²) in [6.07, 6.45) is 1.17. The normalized spacial score (nSPS) is 12.3. The van der Waals surface area contributed by atoms with Crippen molar-refractivity contribution in [1.29, 1.82) is 0 Å². The van der Waals surface area contributed by atoms with Crippen molar-refractivity contribution in [3.63, 3.8) is 0 Å². The third kappa shape index (κ3) is 3.63. The molecule has 0 saturated heterocycles. The van der Waals surface area contributed by atoms with E-state index in [0.29, 0.717) is 29.4 Å². The summed E-state index contributed by atoms with van der Waals surface area (Å²) in [7, 11) is 0. The van der Waals surface area contributed by atoms with Gasteiger partial charge in [-0.15, -0.1) is 0 Å². The second kappa shape index (κ2) is 6.27. The molecule has 0 saturated carbocycles. The molecule has 108 valence electrons. The van der Waals surface area contributed by atoms with Gasteiger partial charge in [0.25, 0.3) is 5.91 Å². The van der Waals surface area contributed by atoms with Crippen molar-refractivity contribution >= 4 is 11.8 Å². The second-order valence-electron chi connectivity index (χ2n) is 5.00. The predicted molar refractivity (Wildman–Crippen MR) is 72.2 cm³/mol. The zero-order valence-electron chi connectivity index (χ0n) is 11.6. The van der Waals surface area contributed by atoms with Crippen molar-refractivity contribution in [2.75, 3.05) is 6.79 Å². The van der Waals surface area contributed by atoms with Crippen LogP contribution in [0.1, 0.15) is 37.0 Å². The topological polar surface area (TPSA) is 76.7 Å². The number of amides is 2. The number of hydrogen-bond donors (Lipinski definition) is 2. The number of nitrogens with one attached hydrogen (secondary N) is 2. The summed E-state index contributed by atoms with van der Waals surface area (Å²) in [6.45, 7) is 4.24. The first kappa shape index (κ1) is 14.2. The Morgan fingerprint density at radius 2 is 1.95 bits per heavy atom. The van der Waals surface area contributed by atoms with E-state index >= 15 is 0 Å². The van der Waals surface area contributed by atoms with Gasteiger partial charge in [0.1, 0.15) is 0 Å². The van der Waals surface area contributed by atoms with E-state index < -0.39 is 0 Å². The molecular weight excluding hydrogens is 260 g/mol. The lowest BCUT2D eigenvalue weighted by molar-refractivity contribution is -0.122. The maximum Gasteiger partial charge on any atom is 0.269 e. The Kier molecular flexibility index (Phi) is 4.45. The molecule has 2 N–H and O–H groups in total. The molecule has 0 bridgehead atoms. The summed E-state index contributed by atoms with van der Waals surface area (Å²) in [5.74, 6) is 1.01. The Morgan fingerprint density at radius 1 is 1.20 bits per heavy atom. The van der Waals surface area contributed by atoms with Crippen molar-refractivity contribution in [2.24, 2.45) is 5.92 Å². The van der Waals surface area contributed by atoms with Gasteiger partial charge in [-0.25, -0.2) is 0 Å². The quantitative estimate of drug-likeness (QED) is 0.820. The van der Waals surface area contributed by atoms with Crippen molar-refractivity contribution in [1.82, 2.24) is 10.9 Å². The Balaban J connectivity index is 1.84. The molecule has 6 nitrogen and oxygen atoms in total. The van der Waals surface area contributed by atoms with Gasteiger partial charge in [0.15, 0.2) is 11.5 Å². The molecule has 1 heterocycles. The summed E-state index contributed by atoms with van der Waals surface area (Å²) < 4.78 is 10.4. The lowest BCUT2D eigenvalue weighted by Gasteiger charge is -2.08. The van der Waals surface area contributed by atoms with E-state index in [-0.39, 0.29) is 18.6 Å². The molecule has 1 aliphatic rings. The Labute approximate surface area is 117 Å². The number of fused-ring (bicyclic) bond motifs is 1. The molecule has 0 atom stereocenters. The highest BCUT2D eigenvalue weighted by molar-refractivity contribution is 5.96. The van der Waals surface area contributed by atoms with Gasteiger partial charge in [0.2, 0.25) is 12.7 Å². The molecule has 0 spiro atoms. The van der Waals surface area contributed by atoms with Gasteiger partial charge in [0, 0.05) is 12.0 Å². The number of carbonyl (C=O) groups excluding carboxylic acids is 2. The molecule has 1 aromatic rings. The first-order valence-electron chi connectivity index (χ1n) is 6.55. The van der Waals surface area contributed by atoms with Crippen LogP contribution in [0.3, 0.4) is 0 Å². The minimum atomic E-state index is -0.388. The molecule has 1 aromatic carbocycles. The van der Waals surface area contributed by atoms with Crippen molar-refractivity contribution in [2.45, 2.75) is 26.7 Å². The van der Waals surface area contributed by atoms with E-state index in [9.17, 15) is 9.59 Å². The second-order valence-corrected chi connectivity index (χ2v) is 5.00. The van der Waals surface area contributed by atoms with Crippen LogP contribution in [0.2, 0.25) is 0 Å². The fourth-order valence-corrected chi connectivity index (χ4v) is 1.72. The predicted octanol–water partition coefficient (Wildman–Crippen LogP) is 1.61. The lowest BCUT2D eigenvalue weighted by atomic mass is 10.1. The van der Waals surface area contributed by atoms with Crippen molar-refractivity contribution in [3.8, 4) is 11.5 Å². The maximum atomic E-state index is 11.9. The third-order valence-electron chi connectivity index (χ3n) is 2.90. The third-order valence-corrected chi connectivity index (χ3v) is 2.90. The minimum Gasteiger partial charge on any atom is -0.454 e. The maximum absolute atomic E-state index is 11.9. The fraction of sp³-hybridized carbons (Fsp3) is 0.429. The summed E-state index contributed by atoms with van der Waals surface area (Å²) >= 11 is 0. The van der Waals surface area contributed by atoms with E-state index in [4.69, 9.17) is 9.47 Å². The van der Waals surface area contributed by atoms with Crippen LogP contribution in [0.25, 0.3) is 0 Å². The zero-order valence-corrected chi connectivity index (χ0v) is 11.6. The summed E-state index contributed by atoms with van der Waals surface area (Å²) in [5.41, 5.74) is 5.17. The number of hydrazine groups is 1. The smallest absolute Gasteiger partial charge is 0.269 e. The highest BCUT2D eigenvalue weighted by Crippen LogP contribution is 2.32. The fourth-order valence-electron chi connectivity index (χ4n) is 1.72. The molecule has 0 fully saturated rings. The van der Waals surface area contributed by atoms with Crippen molar-refractivity contribution in [3.05, 3.63) is 23.8 Å². The largest absolute Gasteiger partial charge is 0.454 e. The highest BCUT2D eigenvalue weighted by Gasteiger charge is 2.16. The number of benzene rings is 1. The number of ether oxygens (including phenoxy) is 2. The van der Waals surface area contributed by atoms with Crippen LogP contribution < -0.4 is 20.3 Å². The van der Waals surface area contributed by atoms with Crippen LogP contribution >= 0.6 is 0 Å². The Morgan fingerprint density at radius 3 is 2.70 bits per heavy atom. The van der Waals surface area contributed by atoms with Gasteiger partial charge < -0.3 is 9.47 Å². The van der Waals surface area contributed by atoms with Gasteiger partial charge in [-0.05, 0) is 30.5 Å². The van der Waals surface area contributed by atoms with E-state index in [0.717, 1.165) is 6.42 Å². The minimum absolute atomic E-state index is 0.159. The van der Waals surface area contributed by atoms with E-state index in [1.807, 2.05) is 13.8 Å². The first-order chi connectivity index (χ1) is 9.56. The number of carbonyl (C=O) groups is 2. The van der Waals surface area contributed by atoms with Gasteiger partial charge in [-0.1, -0.05) is 13.8 Å². The Bertz CT molecular complexity index is 514. The SMILES string of the molecule is CC(C)CCC(=O)NNC(=O)c1ccc2c(c1)OCO2. The van der Waals surface area contributed by atoms with Crippen LogP contribution in [0, 0.1) is 5.92 Å². The molecular formula is C14H18N2O4. The number of rotatable bonds is 4. The van der Waals surface area contributed by atoms with Crippen LogP contribution in [0.4, 0.5) is 0 Å². The molecule has 1 aliphatic heterocycles. The summed E-state index contributed by atoms with van der Waals surface area (Å²) in [4.78, 5) is 23.4. The van der Waals surface area contributed by atoms with E-state index in [1.165, 1.54) is 0 Å². The van der Waals surface area contributed by atoms with E-state index in [1.54, 1.807) is 18.2 Å². The van der Waals surface area contributed by atoms with E-state index in [2.05, 4.69) is 10.9 Å². The van der Waals surface area contributed by atoms with Gasteiger partial charge in [-0.2, -0.15) is 0 Å². The Hall–Kier alpha value is -2.24. The average molecular weight is 278 g/mol. The molecule has 0 aliphatic carbocycles. The standard InChI is InChI=1S/C14H18N2O4/c1-9(2)3-6-13(17)15-16-14(18)10-4-5-11-12(7-10)20-8-19-11/h4-5,7,9H,3,6,8H2,1-2H3,(H,15,17)(H,16,18). The van der Waals surface area contributed by atoms with Gasteiger partial charge in [-0.3, -0.25) is 20.4 Å².